The molecule has 5 nitrogen and oxygen atoms in total. The molecule has 3 rings (SSSR count). The van der Waals surface area contributed by atoms with Crippen molar-refractivity contribution in [3.63, 3.8) is 0 Å². The fourth-order valence-electron chi connectivity index (χ4n) is 2.75. The summed E-state index contributed by atoms with van der Waals surface area (Å²) in [6.07, 6.45) is 2.03. The van der Waals surface area contributed by atoms with E-state index in [4.69, 9.17) is 0 Å². The van der Waals surface area contributed by atoms with Gasteiger partial charge in [0.15, 0.2) is 14.6 Å². The number of nitrogens with zero attached hydrogens (tertiary/aromatic N) is 2. The molecule has 0 aliphatic carbocycles. The van der Waals surface area contributed by atoms with Crippen molar-refractivity contribution in [2.45, 2.75) is 18.4 Å². The van der Waals surface area contributed by atoms with Gasteiger partial charge < -0.3 is 4.57 Å². The van der Waals surface area contributed by atoms with E-state index in [1.807, 2.05) is 29.0 Å². The van der Waals surface area contributed by atoms with E-state index in [2.05, 4.69) is 20.9 Å². The van der Waals surface area contributed by atoms with E-state index >= 15 is 0 Å². The van der Waals surface area contributed by atoms with Crippen LogP contribution in [0, 0.1) is 0 Å². The minimum absolute atomic E-state index is 0.0331. The molecule has 2 aromatic carbocycles. The van der Waals surface area contributed by atoms with Gasteiger partial charge in [-0.2, -0.15) is 16.8 Å². The number of benzene rings is 2. The van der Waals surface area contributed by atoms with Crippen molar-refractivity contribution in [3.8, 4) is 0 Å². The minimum atomic E-state index is -3.51. The molecular formula is C19H19BrN2O3S3. The van der Waals surface area contributed by atoms with Crippen molar-refractivity contribution in [2.75, 3.05) is 17.8 Å². The largest absolute Gasteiger partial charge is 0.316 e. The molecule has 1 amide bonds. The van der Waals surface area contributed by atoms with Crippen LogP contribution in [0.1, 0.15) is 17.3 Å². The van der Waals surface area contributed by atoms with Crippen LogP contribution in [0.4, 0.5) is 0 Å². The van der Waals surface area contributed by atoms with Gasteiger partial charge >= 0.3 is 0 Å². The second-order valence-corrected chi connectivity index (χ2v) is 11.1. The first kappa shape index (κ1) is 21.3. The maximum atomic E-state index is 12.9. The highest BCUT2D eigenvalue weighted by Gasteiger charge is 2.20. The third-order valence-corrected chi connectivity index (χ3v) is 8.10. The van der Waals surface area contributed by atoms with Crippen LogP contribution in [0.2, 0.25) is 0 Å². The number of aromatic nitrogens is 1. The van der Waals surface area contributed by atoms with Gasteiger partial charge in [0.25, 0.3) is 5.91 Å². The number of amides is 1. The van der Waals surface area contributed by atoms with E-state index in [0.29, 0.717) is 11.3 Å². The summed E-state index contributed by atoms with van der Waals surface area (Å²) in [6, 6.07) is 12.2. The molecule has 0 spiro atoms. The number of halogens is 1. The van der Waals surface area contributed by atoms with Crippen molar-refractivity contribution >= 4 is 65.0 Å². The summed E-state index contributed by atoms with van der Waals surface area (Å²) in [5.74, 6) is 0.266. The summed E-state index contributed by atoms with van der Waals surface area (Å²) >= 11 is 6.61. The maximum Gasteiger partial charge on any atom is 0.280 e. The summed E-state index contributed by atoms with van der Waals surface area (Å²) in [5.41, 5.74) is 1.11. The molecule has 0 atom stereocenters. The van der Waals surface area contributed by atoms with Crippen molar-refractivity contribution in [2.24, 2.45) is 4.99 Å². The van der Waals surface area contributed by atoms with Crippen LogP contribution < -0.4 is 4.80 Å². The molecule has 28 heavy (non-hydrogen) atoms. The van der Waals surface area contributed by atoms with Gasteiger partial charge in [-0.15, -0.1) is 0 Å². The van der Waals surface area contributed by atoms with Crippen LogP contribution in [0.25, 0.3) is 10.2 Å². The molecule has 0 fully saturated rings. The lowest BCUT2D eigenvalue weighted by Gasteiger charge is -2.06. The molecular weight excluding hydrogens is 480 g/mol. The Morgan fingerprint density at radius 2 is 2.00 bits per heavy atom. The number of hydrogen-bond donors (Lipinski definition) is 0. The smallest absolute Gasteiger partial charge is 0.280 e. The van der Waals surface area contributed by atoms with Gasteiger partial charge in [0, 0.05) is 16.8 Å². The first-order valence-corrected chi connectivity index (χ1v) is 13.2. The second-order valence-electron chi connectivity index (χ2n) is 5.96. The number of carbonyl (C=O) groups excluding carboxylic acids is 1. The molecule has 0 saturated carbocycles. The van der Waals surface area contributed by atoms with E-state index in [-0.39, 0.29) is 16.2 Å². The molecule has 0 N–H and O–H groups in total. The van der Waals surface area contributed by atoms with Gasteiger partial charge in [-0.25, -0.2) is 8.42 Å². The van der Waals surface area contributed by atoms with E-state index in [1.54, 1.807) is 30.8 Å². The quantitative estimate of drug-likeness (QED) is 0.506. The average Bonchev–Trinajstić information content (AvgIpc) is 3.02. The first-order chi connectivity index (χ1) is 13.4. The highest BCUT2D eigenvalue weighted by molar-refractivity contribution is 9.10. The van der Waals surface area contributed by atoms with Crippen LogP contribution in [0.15, 0.2) is 56.8 Å². The summed E-state index contributed by atoms with van der Waals surface area (Å²) in [5, 5.41) is 0. The lowest BCUT2D eigenvalue weighted by atomic mass is 10.2. The number of fused-ring (bicyclic) bond motifs is 1. The SMILES string of the molecule is CCS(=O)(=O)c1ccccc1C(=O)N=c1sc2cc(Br)ccc2n1CCSC. The summed E-state index contributed by atoms with van der Waals surface area (Å²) in [7, 11) is -3.51. The molecule has 148 valence electrons. The Morgan fingerprint density at radius 1 is 1.25 bits per heavy atom. The van der Waals surface area contributed by atoms with Crippen molar-refractivity contribution in [1.82, 2.24) is 4.57 Å². The average molecular weight is 499 g/mol. The highest BCUT2D eigenvalue weighted by atomic mass is 79.9. The van der Waals surface area contributed by atoms with Crippen LogP contribution in [-0.4, -0.2) is 36.7 Å². The van der Waals surface area contributed by atoms with Gasteiger partial charge in [0.1, 0.15) is 0 Å². The molecule has 0 aliphatic heterocycles. The number of rotatable bonds is 6. The zero-order valence-corrected chi connectivity index (χ0v) is 19.4. The van der Waals surface area contributed by atoms with Crippen LogP contribution in [-0.2, 0) is 16.4 Å². The predicted octanol–water partition coefficient (Wildman–Crippen LogP) is 4.36. The molecule has 1 heterocycles. The van der Waals surface area contributed by atoms with Gasteiger partial charge in [-0.3, -0.25) is 4.79 Å². The highest BCUT2D eigenvalue weighted by Crippen LogP contribution is 2.23. The second kappa shape index (κ2) is 8.94. The lowest BCUT2D eigenvalue weighted by molar-refractivity contribution is 0.0994. The third kappa shape index (κ3) is 4.42. The number of thiazole rings is 1. The first-order valence-electron chi connectivity index (χ1n) is 8.56. The Balaban J connectivity index is 2.17. The monoisotopic (exact) mass is 498 g/mol. The zero-order chi connectivity index (χ0) is 20.3. The zero-order valence-electron chi connectivity index (χ0n) is 15.4. The number of carbonyl (C=O) groups is 1. The van der Waals surface area contributed by atoms with Crippen molar-refractivity contribution in [3.05, 3.63) is 57.3 Å². The molecule has 0 radical (unpaired) electrons. The van der Waals surface area contributed by atoms with Crippen LogP contribution >= 0.6 is 39.0 Å². The van der Waals surface area contributed by atoms with Gasteiger partial charge in [0.05, 0.1) is 26.4 Å². The fraction of sp³-hybridized carbons (Fsp3) is 0.263. The molecule has 1 aromatic heterocycles. The van der Waals surface area contributed by atoms with E-state index in [0.717, 1.165) is 20.4 Å². The van der Waals surface area contributed by atoms with Gasteiger partial charge in [0.2, 0.25) is 0 Å². The summed E-state index contributed by atoms with van der Waals surface area (Å²) < 4.78 is 28.7. The number of aryl methyl sites for hydroxylation is 1. The molecule has 0 saturated heterocycles. The normalized spacial score (nSPS) is 12.6. The van der Waals surface area contributed by atoms with E-state index < -0.39 is 15.7 Å². The molecule has 0 aliphatic rings. The maximum absolute atomic E-state index is 12.9. The third-order valence-electron chi connectivity index (χ3n) is 4.19. The molecule has 0 unspecified atom stereocenters. The minimum Gasteiger partial charge on any atom is -0.316 e. The standard InChI is InChI=1S/C19H19BrN2O3S3/c1-3-28(24,25)17-7-5-4-6-14(17)18(23)21-19-22(10-11-26-2)15-9-8-13(20)12-16(15)27-19/h4-9,12H,3,10-11H2,1-2H3. The molecule has 9 heteroatoms. The topological polar surface area (TPSA) is 68.5 Å². The predicted molar refractivity (Wildman–Crippen MR) is 120 cm³/mol. The summed E-state index contributed by atoms with van der Waals surface area (Å²) in [6.45, 7) is 2.28. The fourth-order valence-corrected chi connectivity index (χ4v) is 5.81. The lowest BCUT2D eigenvalue weighted by Crippen LogP contribution is -2.19. The number of sulfone groups is 1. The number of hydrogen-bond acceptors (Lipinski definition) is 5. The van der Waals surface area contributed by atoms with E-state index in [1.165, 1.54) is 23.5 Å². The van der Waals surface area contributed by atoms with Gasteiger partial charge in [-0.05, 0) is 36.6 Å². The van der Waals surface area contributed by atoms with E-state index in [9.17, 15) is 13.2 Å². The Hall–Kier alpha value is -1.42. The molecule has 3 aromatic rings. The Bertz CT molecular complexity index is 1200. The van der Waals surface area contributed by atoms with Crippen molar-refractivity contribution < 1.29 is 13.2 Å². The Labute approximate surface area is 180 Å². The Kier molecular flexibility index (Phi) is 6.80. The Morgan fingerprint density at radius 3 is 2.71 bits per heavy atom. The van der Waals surface area contributed by atoms with Crippen LogP contribution in [0.3, 0.4) is 0 Å². The molecule has 0 bridgehead atoms. The van der Waals surface area contributed by atoms with Gasteiger partial charge in [-0.1, -0.05) is 46.3 Å². The summed E-state index contributed by atoms with van der Waals surface area (Å²) in [4.78, 5) is 17.8. The van der Waals surface area contributed by atoms with Crippen LogP contribution in [0.5, 0.6) is 0 Å². The van der Waals surface area contributed by atoms with Crippen molar-refractivity contribution in [1.29, 1.82) is 0 Å². The number of thioether (sulfide) groups is 1.